The van der Waals surface area contributed by atoms with Gasteiger partial charge in [-0.3, -0.25) is 0 Å². The highest BCUT2D eigenvalue weighted by Crippen LogP contribution is 2.25. The first-order valence-corrected chi connectivity index (χ1v) is 6.19. The third-order valence-corrected chi connectivity index (χ3v) is 3.12. The van der Waals surface area contributed by atoms with Crippen LogP contribution >= 0.6 is 0 Å². The highest BCUT2D eigenvalue weighted by molar-refractivity contribution is 5.81. The number of anilines is 3. The van der Waals surface area contributed by atoms with Gasteiger partial charge in [-0.1, -0.05) is 18.2 Å². The van der Waals surface area contributed by atoms with Crippen molar-refractivity contribution in [3.8, 4) is 0 Å². The molecule has 0 saturated heterocycles. The smallest absolute Gasteiger partial charge is 0.174 e. The van der Waals surface area contributed by atoms with E-state index in [9.17, 15) is 4.39 Å². The number of nitrogens with one attached hydrogen (secondary N) is 1. The summed E-state index contributed by atoms with van der Waals surface area (Å²) in [6.07, 6.45) is 0. The maximum absolute atomic E-state index is 13.5. The summed E-state index contributed by atoms with van der Waals surface area (Å²) >= 11 is 0. The predicted molar refractivity (Wildman–Crippen MR) is 78.4 cm³/mol. The second-order valence-electron chi connectivity index (χ2n) is 4.48. The van der Waals surface area contributed by atoms with Crippen LogP contribution in [0.1, 0.15) is 5.56 Å². The van der Waals surface area contributed by atoms with Crippen LogP contribution < -0.4 is 11.1 Å². The van der Waals surface area contributed by atoms with Crippen LogP contribution in [0.4, 0.5) is 21.7 Å². The van der Waals surface area contributed by atoms with E-state index in [2.05, 4.69) is 15.3 Å². The molecule has 0 atom stereocenters. The van der Waals surface area contributed by atoms with Crippen molar-refractivity contribution < 1.29 is 4.39 Å². The zero-order chi connectivity index (χ0) is 14.1. The minimum absolute atomic E-state index is 0.276. The largest absolute Gasteiger partial charge is 0.381 e. The van der Waals surface area contributed by atoms with Crippen LogP contribution in [0.2, 0.25) is 0 Å². The molecule has 0 amide bonds. The van der Waals surface area contributed by atoms with Crippen molar-refractivity contribution >= 4 is 28.4 Å². The highest BCUT2D eigenvalue weighted by Gasteiger charge is 2.09. The number of rotatable bonds is 2. The molecule has 3 rings (SSSR count). The van der Waals surface area contributed by atoms with E-state index in [1.807, 2.05) is 24.3 Å². The van der Waals surface area contributed by atoms with Crippen molar-refractivity contribution in [1.29, 1.82) is 0 Å². The molecule has 100 valence electrons. The lowest BCUT2D eigenvalue weighted by molar-refractivity contribution is 0.619. The highest BCUT2D eigenvalue weighted by atomic mass is 19.1. The Morgan fingerprint density at radius 3 is 2.45 bits per heavy atom. The summed E-state index contributed by atoms with van der Waals surface area (Å²) in [4.78, 5) is 8.70. The molecule has 1 heterocycles. The molecule has 0 fully saturated rings. The number of nitrogens with two attached hydrogens (primary N) is 1. The lowest BCUT2D eigenvalue weighted by Gasteiger charge is -2.11. The van der Waals surface area contributed by atoms with E-state index in [0.29, 0.717) is 17.1 Å². The van der Waals surface area contributed by atoms with Crippen LogP contribution in [0.25, 0.3) is 11.0 Å². The number of nitrogens with zero attached hydrogens (tertiary/aromatic N) is 2. The van der Waals surface area contributed by atoms with E-state index in [-0.39, 0.29) is 11.6 Å². The Hall–Kier alpha value is -2.69. The summed E-state index contributed by atoms with van der Waals surface area (Å²) in [7, 11) is 0. The quantitative estimate of drug-likeness (QED) is 0.747. The monoisotopic (exact) mass is 268 g/mol. The van der Waals surface area contributed by atoms with Crippen molar-refractivity contribution in [3.63, 3.8) is 0 Å². The second-order valence-corrected chi connectivity index (χ2v) is 4.48. The van der Waals surface area contributed by atoms with Gasteiger partial charge in [0, 0.05) is 11.3 Å². The third kappa shape index (κ3) is 2.14. The molecule has 0 saturated carbocycles. The lowest BCUT2D eigenvalue weighted by atomic mass is 10.2. The van der Waals surface area contributed by atoms with Gasteiger partial charge in [0.15, 0.2) is 11.6 Å². The summed E-state index contributed by atoms with van der Waals surface area (Å²) in [6, 6.07) is 12.3. The van der Waals surface area contributed by atoms with E-state index < -0.39 is 0 Å². The topological polar surface area (TPSA) is 63.8 Å². The molecule has 0 radical (unpaired) electrons. The maximum Gasteiger partial charge on any atom is 0.174 e. The SMILES string of the molecule is Cc1c(F)cccc1Nc1nc2ccccc2nc1N. The van der Waals surface area contributed by atoms with Crippen LogP contribution in [-0.4, -0.2) is 9.97 Å². The number of nitrogen functional groups attached to an aromatic ring is 1. The minimum Gasteiger partial charge on any atom is -0.381 e. The van der Waals surface area contributed by atoms with Crippen LogP contribution in [0.3, 0.4) is 0 Å². The van der Waals surface area contributed by atoms with Gasteiger partial charge in [0.05, 0.1) is 11.0 Å². The molecule has 0 aliphatic carbocycles. The zero-order valence-electron chi connectivity index (χ0n) is 10.9. The Kier molecular flexibility index (Phi) is 2.95. The predicted octanol–water partition coefficient (Wildman–Crippen LogP) is 3.40. The number of benzene rings is 2. The Morgan fingerprint density at radius 1 is 1.00 bits per heavy atom. The van der Waals surface area contributed by atoms with Gasteiger partial charge in [-0.2, -0.15) is 0 Å². The molecule has 1 aromatic heterocycles. The Balaban J connectivity index is 2.06. The molecule has 0 aliphatic rings. The van der Waals surface area contributed by atoms with Gasteiger partial charge in [-0.15, -0.1) is 0 Å². The average Bonchev–Trinajstić information content (AvgIpc) is 2.44. The molecule has 0 unspecified atom stereocenters. The zero-order valence-corrected chi connectivity index (χ0v) is 10.9. The number of fused-ring (bicyclic) bond motifs is 1. The third-order valence-electron chi connectivity index (χ3n) is 3.12. The summed E-state index contributed by atoms with van der Waals surface area (Å²) < 4.78 is 13.5. The molecule has 0 aliphatic heterocycles. The van der Waals surface area contributed by atoms with Gasteiger partial charge in [0.2, 0.25) is 0 Å². The Labute approximate surface area is 115 Å². The second kappa shape index (κ2) is 4.77. The number of aromatic nitrogens is 2. The first-order valence-electron chi connectivity index (χ1n) is 6.19. The fraction of sp³-hybridized carbons (Fsp3) is 0.0667. The van der Waals surface area contributed by atoms with Gasteiger partial charge >= 0.3 is 0 Å². The van der Waals surface area contributed by atoms with Gasteiger partial charge in [-0.25, -0.2) is 14.4 Å². The summed E-state index contributed by atoms with van der Waals surface area (Å²) in [5.74, 6) is 0.437. The molecule has 20 heavy (non-hydrogen) atoms. The number of para-hydroxylation sites is 2. The van der Waals surface area contributed by atoms with Gasteiger partial charge in [0.1, 0.15) is 5.82 Å². The fourth-order valence-electron chi connectivity index (χ4n) is 1.98. The molecular formula is C15H13FN4. The minimum atomic E-state index is -0.276. The fourth-order valence-corrected chi connectivity index (χ4v) is 1.98. The Morgan fingerprint density at radius 2 is 1.70 bits per heavy atom. The first kappa shape index (κ1) is 12.3. The van der Waals surface area contributed by atoms with Crippen molar-refractivity contribution in [1.82, 2.24) is 9.97 Å². The molecule has 0 spiro atoms. The van der Waals surface area contributed by atoms with Crippen molar-refractivity contribution in [2.24, 2.45) is 0 Å². The van der Waals surface area contributed by atoms with Crippen molar-refractivity contribution in [3.05, 3.63) is 53.8 Å². The Bertz CT molecular complexity index is 786. The van der Waals surface area contributed by atoms with Crippen molar-refractivity contribution in [2.45, 2.75) is 6.92 Å². The molecule has 0 bridgehead atoms. The van der Waals surface area contributed by atoms with E-state index in [4.69, 9.17) is 5.73 Å². The van der Waals surface area contributed by atoms with E-state index in [1.165, 1.54) is 6.07 Å². The molecule has 4 nitrogen and oxygen atoms in total. The molecule has 2 aromatic carbocycles. The van der Waals surface area contributed by atoms with Crippen molar-refractivity contribution in [2.75, 3.05) is 11.1 Å². The molecule has 3 N–H and O–H groups in total. The van der Waals surface area contributed by atoms with Crippen LogP contribution in [0, 0.1) is 12.7 Å². The summed E-state index contributed by atoms with van der Waals surface area (Å²) in [6.45, 7) is 1.70. The molecule has 3 aromatic rings. The number of halogens is 1. The maximum atomic E-state index is 13.5. The molecule has 5 heteroatoms. The lowest BCUT2D eigenvalue weighted by Crippen LogP contribution is -2.03. The first-order chi connectivity index (χ1) is 9.65. The van der Waals surface area contributed by atoms with Crippen LogP contribution in [0.5, 0.6) is 0 Å². The standard InChI is InChI=1S/C15H13FN4/c1-9-10(16)5-4-8-11(9)19-15-14(17)18-12-6-2-3-7-13(12)20-15/h2-8H,1H3,(H2,17,18)(H,19,20). The van der Waals surface area contributed by atoms with E-state index in [1.54, 1.807) is 19.1 Å². The van der Waals surface area contributed by atoms with Crippen LogP contribution in [-0.2, 0) is 0 Å². The van der Waals surface area contributed by atoms with Gasteiger partial charge in [-0.05, 0) is 31.2 Å². The summed E-state index contributed by atoms with van der Waals surface area (Å²) in [5, 5.41) is 3.03. The van der Waals surface area contributed by atoms with E-state index >= 15 is 0 Å². The molecular weight excluding hydrogens is 255 g/mol. The summed E-state index contributed by atoms with van der Waals surface area (Å²) in [5.41, 5.74) is 8.50. The number of hydrogen-bond donors (Lipinski definition) is 2. The average molecular weight is 268 g/mol. The normalized spacial score (nSPS) is 10.7. The van der Waals surface area contributed by atoms with E-state index in [0.717, 1.165) is 11.0 Å². The van der Waals surface area contributed by atoms with Gasteiger partial charge in [0.25, 0.3) is 0 Å². The van der Waals surface area contributed by atoms with Gasteiger partial charge < -0.3 is 11.1 Å². The number of hydrogen-bond acceptors (Lipinski definition) is 4. The van der Waals surface area contributed by atoms with Crippen LogP contribution in [0.15, 0.2) is 42.5 Å².